The minimum Gasteiger partial charge on any atom is -0.485 e. The summed E-state index contributed by atoms with van der Waals surface area (Å²) in [4.78, 5) is 24.3. The van der Waals surface area contributed by atoms with E-state index in [0.717, 1.165) is 0 Å². The molecule has 23 heavy (non-hydrogen) atoms. The minimum absolute atomic E-state index is 0.00400. The van der Waals surface area contributed by atoms with Crippen LogP contribution in [-0.2, 0) is 4.74 Å². The third-order valence-corrected chi connectivity index (χ3v) is 3.25. The van der Waals surface area contributed by atoms with E-state index in [1.54, 1.807) is 32.9 Å². The van der Waals surface area contributed by atoms with Crippen molar-refractivity contribution in [2.24, 2.45) is 0 Å². The van der Waals surface area contributed by atoms with E-state index >= 15 is 0 Å². The van der Waals surface area contributed by atoms with Gasteiger partial charge in [-0.15, -0.1) is 0 Å². The van der Waals surface area contributed by atoms with Crippen molar-refractivity contribution < 1.29 is 28.6 Å². The Balaban J connectivity index is 2.06. The van der Waals surface area contributed by atoms with E-state index in [1.807, 2.05) is 0 Å². The molecule has 0 aromatic heterocycles. The van der Waals surface area contributed by atoms with Gasteiger partial charge in [0.25, 0.3) is 0 Å². The highest BCUT2D eigenvalue weighted by molar-refractivity contribution is 5.90. The molecule has 126 valence electrons. The first-order valence-corrected chi connectivity index (χ1v) is 7.28. The molecule has 1 aliphatic heterocycles. The van der Waals surface area contributed by atoms with Crippen molar-refractivity contribution in [3.05, 3.63) is 29.8 Å². The maximum Gasteiger partial charge on any atom is 0.410 e. The third kappa shape index (κ3) is 4.34. The molecule has 1 saturated heterocycles. The van der Waals surface area contributed by atoms with Gasteiger partial charge < -0.3 is 19.5 Å². The van der Waals surface area contributed by atoms with E-state index in [4.69, 9.17) is 14.6 Å². The van der Waals surface area contributed by atoms with Crippen molar-refractivity contribution in [2.45, 2.75) is 38.6 Å². The summed E-state index contributed by atoms with van der Waals surface area (Å²) in [6, 6.07) is 6.01. The molecule has 0 unspecified atom stereocenters. The quantitative estimate of drug-likeness (QED) is 0.925. The van der Waals surface area contributed by atoms with E-state index in [0.29, 0.717) is 0 Å². The van der Waals surface area contributed by atoms with E-state index in [2.05, 4.69) is 0 Å². The summed E-state index contributed by atoms with van der Waals surface area (Å²) in [5.41, 5.74) is -0.715. The Hall–Kier alpha value is -2.31. The smallest absolute Gasteiger partial charge is 0.410 e. The lowest BCUT2D eigenvalue weighted by Gasteiger charge is -2.24. The van der Waals surface area contributed by atoms with Crippen LogP contribution in [0.3, 0.4) is 0 Å². The number of hydrogen-bond acceptors (Lipinski definition) is 4. The van der Waals surface area contributed by atoms with Crippen molar-refractivity contribution in [3.63, 3.8) is 0 Å². The number of amides is 1. The molecule has 0 bridgehead atoms. The number of carboxylic acids is 1. The van der Waals surface area contributed by atoms with Crippen LogP contribution in [0.1, 0.15) is 31.1 Å². The number of nitrogens with zero attached hydrogens (tertiary/aromatic N) is 1. The van der Waals surface area contributed by atoms with Gasteiger partial charge in [-0.25, -0.2) is 14.0 Å². The number of ether oxygens (including phenoxy) is 2. The first-order chi connectivity index (χ1) is 10.7. The second-order valence-electron chi connectivity index (χ2n) is 6.36. The number of carboxylic acid groups (broad SMARTS) is 1. The van der Waals surface area contributed by atoms with Gasteiger partial charge in [-0.05, 0) is 32.9 Å². The average molecular weight is 325 g/mol. The van der Waals surface area contributed by atoms with E-state index < -0.39 is 29.9 Å². The zero-order valence-corrected chi connectivity index (χ0v) is 13.3. The van der Waals surface area contributed by atoms with Crippen LogP contribution in [0.25, 0.3) is 0 Å². The lowest BCUT2D eigenvalue weighted by atomic mass is 10.2. The summed E-state index contributed by atoms with van der Waals surface area (Å²) in [6.07, 6.45) is -2.95. The van der Waals surface area contributed by atoms with Crippen molar-refractivity contribution in [2.75, 3.05) is 13.1 Å². The molecule has 1 aromatic carbocycles. The zero-order chi connectivity index (χ0) is 17.2. The van der Waals surface area contributed by atoms with Crippen LogP contribution in [0, 0.1) is 0 Å². The SMILES string of the molecule is CC(C)(C)OC(=O)N1C[C@@H](F)[C@@H](Oc2ccccc2C(=O)O)C1. The van der Waals surface area contributed by atoms with E-state index in [9.17, 15) is 14.0 Å². The fourth-order valence-electron chi connectivity index (χ4n) is 2.23. The van der Waals surface area contributed by atoms with Gasteiger partial charge in [-0.3, -0.25) is 0 Å². The summed E-state index contributed by atoms with van der Waals surface area (Å²) in [7, 11) is 0. The highest BCUT2D eigenvalue weighted by Crippen LogP contribution is 2.25. The maximum absolute atomic E-state index is 14.1. The van der Waals surface area contributed by atoms with Crippen LogP contribution < -0.4 is 4.74 Å². The number of benzene rings is 1. The van der Waals surface area contributed by atoms with Crippen LogP contribution in [0.4, 0.5) is 9.18 Å². The molecule has 7 heteroatoms. The number of likely N-dealkylation sites (tertiary alicyclic amines) is 1. The second-order valence-corrected chi connectivity index (χ2v) is 6.36. The highest BCUT2D eigenvalue weighted by atomic mass is 19.1. The van der Waals surface area contributed by atoms with Crippen LogP contribution in [0.15, 0.2) is 24.3 Å². The number of halogens is 1. The normalized spacial score (nSPS) is 21.1. The Morgan fingerprint density at radius 3 is 2.52 bits per heavy atom. The Morgan fingerprint density at radius 1 is 1.26 bits per heavy atom. The minimum atomic E-state index is -1.41. The molecule has 0 saturated carbocycles. The van der Waals surface area contributed by atoms with Crippen molar-refractivity contribution in [1.29, 1.82) is 0 Å². The number of alkyl halides is 1. The maximum atomic E-state index is 14.1. The van der Waals surface area contributed by atoms with Gasteiger partial charge in [0.05, 0.1) is 13.1 Å². The number of carbonyl (C=O) groups excluding carboxylic acids is 1. The Bertz CT molecular complexity index is 598. The molecule has 2 atom stereocenters. The number of para-hydroxylation sites is 1. The molecule has 1 aliphatic rings. The average Bonchev–Trinajstić information content (AvgIpc) is 2.79. The standard InChI is InChI=1S/C16H20FNO5/c1-16(2,3)23-15(21)18-8-11(17)13(9-18)22-12-7-5-4-6-10(12)14(19)20/h4-7,11,13H,8-9H2,1-3H3,(H,19,20)/t11-,13+/m1/s1. The molecular weight excluding hydrogens is 305 g/mol. The Labute approximate surface area is 133 Å². The largest absolute Gasteiger partial charge is 0.485 e. The zero-order valence-electron chi connectivity index (χ0n) is 13.3. The molecule has 1 aromatic rings. The molecule has 6 nitrogen and oxygen atoms in total. The molecule has 1 N–H and O–H groups in total. The number of aromatic carboxylic acids is 1. The molecule has 0 radical (unpaired) electrons. The van der Waals surface area contributed by atoms with Gasteiger partial charge in [-0.2, -0.15) is 0 Å². The van der Waals surface area contributed by atoms with Gasteiger partial charge in [0, 0.05) is 0 Å². The van der Waals surface area contributed by atoms with Gasteiger partial charge in [0.1, 0.15) is 23.0 Å². The number of carbonyl (C=O) groups is 2. The lowest BCUT2D eigenvalue weighted by Crippen LogP contribution is -2.36. The molecule has 1 heterocycles. The fourth-order valence-corrected chi connectivity index (χ4v) is 2.23. The molecule has 1 amide bonds. The molecule has 0 aliphatic carbocycles. The van der Waals surface area contributed by atoms with Crippen LogP contribution in [0.5, 0.6) is 5.75 Å². The monoisotopic (exact) mass is 325 g/mol. The van der Waals surface area contributed by atoms with Crippen molar-refractivity contribution >= 4 is 12.1 Å². The van der Waals surface area contributed by atoms with E-state index in [1.165, 1.54) is 17.0 Å². The molecule has 0 spiro atoms. The highest BCUT2D eigenvalue weighted by Gasteiger charge is 2.39. The Kier molecular flexibility index (Phi) is 4.77. The van der Waals surface area contributed by atoms with Gasteiger partial charge in [0.2, 0.25) is 0 Å². The number of rotatable bonds is 3. The lowest BCUT2D eigenvalue weighted by molar-refractivity contribution is 0.0272. The summed E-state index contributed by atoms with van der Waals surface area (Å²) in [5.74, 6) is -1.07. The van der Waals surface area contributed by atoms with Gasteiger partial charge in [0.15, 0.2) is 6.17 Å². The van der Waals surface area contributed by atoms with E-state index in [-0.39, 0.29) is 24.4 Å². The third-order valence-electron chi connectivity index (χ3n) is 3.25. The summed E-state index contributed by atoms with van der Waals surface area (Å²) in [5, 5.41) is 9.12. The van der Waals surface area contributed by atoms with Crippen molar-refractivity contribution in [3.8, 4) is 5.75 Å². The van der Waals surface area contributed by atoms with Crippen LogP contribution in [-0.4, -0.2) is 53.0 Å². The molecule has 1 fully saturated rings. The predicted molar refractivity (Wildman–Crippen MR) is 80.5 cm³/mol. The Morgan fingerprint density at radius 2 is 1.91 bits per heavy atom. The summed E-state index contributed by atoms with van der Waals surface area (Å²) < 4.78 is 24.8. The fraction of sp³-hybridized carbons (Fsp3) is 0.500. The van der Waals surface area contributed by atoms with Gasteiger partial charge >= 0.3 is 12.1 Å². The van der Waals surface area contributed by atoms with Crippen LogP contribution in [0.2, 0.25) is 0 Å². The first kappa shape index (κ1) is 17.1. The topological polar surface area (TPSA) is 76.1 Å². The molecule has 2 rings (SSSR count). The summed E-state index contributed by atoms with van der Waals surface area (Å²) in [6.45, 7) is 5.04. The molecular formula is C16H20FNO5. The number of hydrogen-bond donors (Lipinski definition) is 1. The first-order valence-electron chi connectivity index (χ1n) is 7.28. The van der Waals surface area contributed by atoms with Gasteiger partial charge in [-0.1, -0.05) is 12.1 Å². The second kappa shape index (κ2) is 6.44. The predicted octanol–water partition coefficient (Wildman–Crippen LogP) is 2.72. The van der Waals surface area contributed by atoms with Crippen LogP contribution >= 0.6 is 0 Å². The van der Waals surface area contributed by atoms with Crippen molar-refractivity contribution in [1.82, 2.24) is 4.90 Å². The summed E-state index contributed by atoms with van der Waals surface area (Å²) >= 11 is 0.